The molecule has 0 saturated carbocycles. The van der Waals surface area contributed by atoms with Crippen LogP contribution in [0.2, 0.25) is 5.02 Å². The zero-order valence-electron chi connectivity index (χ0n) is 15.8. The number of aromatic hydroxyl groups is 1. The van der Waals surface area contributed by atoms with Crippen molar-refractivity contribution in [1.29, 1.82) is 0 Å². The van der Waals surface area contributed by atoms with Gasteiger partial charge in [-0.3, -0.25) is 4.99 Å². The minimum Gasteiger partial charge on any atom is -0.506 e. The zero-order chi connectivity index (χ0) is 19.8. The van der Waals surface area contributed by atoms with Crippen LogP contribution in [0.3, 0.4) is 0 Å². The maximum atomic E-state index is 9.52. The van der Waals surface area contributed by atoms with Gasteiger partial charge < -0.3 is 10.4 Å². The Morgan fingerprint density at radius 2 is 1.86 bits per heavy atom. The molecule has 0 radical (unpaired) electrons. The van der Waals surface area contributed by atoms with Crippen molar-refractivity contribution in [2.45, 2.75) is 18.4 Å². The Morgan fingerprint density at radius 3 is 2.69 bits per heavy atom. The fraction of sp³-hybridized carbons (Fsp3) is 0.160. The molecule has 2 aliphatic rings. The van der Waals surface area contributed by atoms with E-state index in [1.165, 1.54) is 16.8 Å². The van der Waals surface area contributed by atoms with Crippen molar-refractivity contribution in [2.75, 3.05) is 5.32 Å². The van der Waals surface area contributed by atoms with Crippen molar-refractivity contribution in [1.82, 2.24) is 0 Å². The number of fused-ring (bicyclic) bond motifs is 3. The number of hydrogen-bond donors (Lipinski definition) is 2. The van der Waals surface area contributed by atoms with Crippen molar-refractivity contribution in [2.24, 2.45) is 10.9 Å². The molecule has 0 fully saturated rings. The third-order valence-corrected chi connectivity index (χ3v) is 6.16. The maximum absolute atomic E-state index is 9.52. The van der Waals surface area contributed by atoms with Gasteiger partial charge in [-0.2, -0.15) is 0 Å². The molecule has 1 aliphatic carbocycles. The number of rotatable bonds is 3. The first kappa shape index (κ1) is 18.0. The Balaban J connectivity index is 1.38. The van der Waals surface area contributed by atoms with Gasteiger partial charge in [0.25, 0.3) is 0 Å². The molecule has 3 nitrogen and oxygen atoms in total. The quantitative estimate of drug-likeness (QED) is 0.383. The number of allylic oxidation sites excluding steroid dienone is 2. The number of halogens is 1. The predicted octanol–water partition coefficient (Wildman–Crippen LogP) is 6.62. The van der Waals surface area contributed by atoms with Crippen LogP contribution in [0.15, 0.2) is 83.9 Å². The van der Waals surface area contributed by atoms with Gasteiger partial charge in [0.2, 0.25) is 0 Å². The van der Waals surface area contributed by atoms with E-state index in [4.69, 9.17) is 11.6 Å². The van der Waals surface area contributed by atoms with Gasteiger partial charge >= 0.3 is 0 Å². The Labute approximate surface area is 175 Å². The fourth-order valence-electron chi connectivity index (χ4n) is 4.39. The van der Waals surface area contributed by atoms with E-state index in [-0.39, 0.29) is 5.75 Å². The zero-order valence-corrected chi connectivity index (χ0v) is 16.6. The van der Waals surface area contributed by atoms with Gasteiger partial charge in [-0.25, -0.2) is 0 Å². The first-order chi connectivity index (χ1) is 14.2. The third kappa shape index (κ3) is 3.43. The number of para-hydroxylation sites is 1. The van der Waals surface area contributed by atoms with Crippen molar-refractivity contribution in [3.63, 3.8) is 0 Å². The van der Waals surface area contributed by atoms with Crippen molar-refractivity contribution in [3.05, 3.63) is 101 Å². The Kier molecular flexibility index (Phi) is 4.61. The van der Waals surface area contributed by atoms with Gasteiger partial charge in [-0.05, 0) is 65.4 Å². The summed E-state index contributed by atoms with van der Waals surface area (Å²) in [6.45, 7) is 0. The number of phenolic OH excluding ortho intramolecular Hbond substituents is 1. The van der Waals surface area contributed by atoms with E-state index in [1.807, 2.05) is 12.1 Å². The summed E-state index contributed by atoms with van der Waals surface area (Å²) in [7, 11) is 0. The fourth-order valence-corrected chi connectivity index (χ4v) is 4.58. The largest absolute Gasteiger partial charge is 0.506 e. The standard InChI is InChI=1S/C25H21ClN2O/c26-22-14-16(8-13-24(22)29)15-27-18-11-9-17(10-12-18)25-21-6-3-5-19(21)20-4-1-2-7-23(20)28-25/h1-5,7-15,19,21,25,28-29H,6H2/t19-,21-,25+/m1/s1. The number of anilines is 1. The molecule has 2 N–H and O–H groups in total. The minimum atomic E-state index is 0.0782. The van der Waals surface area contributed by atoms with E-state index in [0.29, 0.717) is 22.9 Å². The number of nitrogens with zero attached hydrogens (tertiary/aromatic N) is 1. The van der Waals surface area contributed by atoms with Gasteiger partial charge in [0.05, 0.1) is 16.8 Å². The molecule has 0 unspecified atom stereocenters. The maximum Gasteiger partial charge on any atom is 0.134 e. The molecule has 3 aromatic carbocycles. The third-order valence-electron chi connectivity index (χ3n) is 5.86. The first-order valence-corrected chi connectivity index (χ1v) is 10.2. The Hall–Kier alpha value is -3.04. The average Bonchev–Trinajstić information content (AvgIpc) is 3.25. The summed E-state index contributed by atoms with van der Waals surface area (Å²) in [4.78, 5) is 4.54. The van der Waals surface area contributed by atoms with Crippen LogP contribution in [0.1, 0.15) is 35.1 Å². The summed E-state index contributed by atoms with van der Waals surface area (Å²) in [5, 5.41) is 13.6. The molecule has 0 saturated heterocycles. The molecule has 0 spiro atoms. The van der Waals surface area contributed by atoms with Crippen LogP contribution in [-0.2, 0) is 0 Å². The molecule has 3 aromatic rings. The summed E-state index contributed by atoms with van der Waals surface area (Å²) in [6, 6.07) is 22.4. The summed E-state index contributed by atoms with van der Waals surface area (Å²) in [5.74, 6) is 1.10. The highest BCUT2D eigenvalue weighted by atomic mass is 35.5. The number of nitrogens with one attached hydrogen (secondary N) is 1. The van der Waals surface area contributed by atoms with Crippen molar-refractivity contribution >= 4 is 29.2 Å². The summed E-state index contributed by atoms with van der Waals surface area (Å²) >= 11 is 5.96. The van der Waals surface area contributed by atoms with Gasteiger partial charge in [0.1, 0.15) is 5.75 Å². The molecule has 4 heteroatoms. The molecular formula is C25H21ClN2O. The van der Waals surface area contributed by atoms with Crippen LogP contribution in [0.5, 0.6) is 5.75 Å². The number of aliphatic imine (C=N–C) groups is 1. The lowest BCUT2D eigenvalue weighted by atomic mass is 9.77. The van der Waals surface area contributed by atoms with Crippen LogP contribution >= 0.6 is 11.6 Å². The summed E-state index contributed by atoms with van der Waals surface area (Å²) < 4.78 is 0. The molecule has 29 heavy (non-hydrogen) atoms. The minimum absolute atomic E-state index is 0.0782. The molecular weight excluding hydrogens is 380 g/mol. The number of benzene rings is 3. The van der Waals surface area contributed by atoms with Crippen LogP contribution in [0.4, 0.5) is 11.4 Å². The Morgan fingerprint density at radius 1 is 1.03 bits per heavy atom. The second-order valence-electron chi connectivity index (χ2n) is 7.62. The lowest BCUT2D eigenvalue weighted by molar-refractivity contribution is 0.425. The average molecular weight is 401 g/mol. The van der Waals surface area contributed by atoms with Gasteiger partial charge in [0.15, 0.2) is 0 Å². The monoisotopic (exact) mass is 400 g/mol. The summed E-state index contributed by atoms with van der Waals surface area (Å²) in [6.07, 6.45) is 7.52. The first-order valence-electron chi connectivity index (χ1n) is 9.84. The van der Waals surface area contributed by atoms with Crippen LogP contribution in [-0.4, -0.2) is 11.3 Å². The molecule has 5 rings (SSSR count). The van der Waals surface area contributed by atoms with Gasteiger partial charge in [-0.15, -0.1) is 0 Å². The van der Waals surface area contributed by atoms with Crippen molar-refractivity contribution in [3.8, 4) is 5.75 Å². The number of hydrogen-bond acceptors (Lipinski definition) is 3. The molecule has 0 aromatic heterocycles. The highest BCUT2D eigenvalue weighted by molar-refractivity contribution is 6.32. The molecule has 3 atom stereocenters. The van der Waals surface area contributed by atoms with E-state index in [1.54, 1.807) is 24.4 Å². The smallest absolute Gasteiger partial charge is 0.134 e. The van der Waals surface area contributed by atoms with E-state index < -0.39 is 0 Å². The molecule has 0 bridgehead atoms. The van der Waals surface area contributed by atoms with Crippen LogP contribution < -0.4 is 5.32 Å². The highest BCUT2D eigenvalue weighted by Gasteiger charge is 2.37. The Bertz CT molecular complexity index is 1100. The summed E-state index contributed by atoms with van der Waals surface area (Å²) in [5.41, 5.74) is 5.65. The van der Waals surface area contributed by atoms with E-state index in [0.717, 1.165) is 17.7 Å². The lowest BCUT2D eigenvalue weighted by Gasteiger charge is -2.37. The van der Waals surface area contributed by atoms with Crippen LogP contribution in [0, 0.1) is 5.92 Å². The molecule has 1 aliphatic heterocycles. The molecule has 144 valence electrons. The number of phenols is 1. The lowest BCUT2D eigenvalue weighted by Crippen LogP contribution is -2.28. The molecule has 1 heterocycles. The topological polar surface area (TPSA) is 44.6 Å². The normalized spacial score (nSPS) is 22.3. The van der Waals surface area contributed by atoms with E-state index in [2.05, 4.69) is 58.9 Å². The second-order valence-corrected chi connectivity index (χ2v) is 8.03. The second kappa shape index (κ2) is 7.41. The van der Waals surface area contributed by atoms with Gasteiger partial charge in [-0.1, -0.05) is 54.1 Å². The predicted molar refractivity (Wildman–Crippen MR) is 120 cm³/mol. The van der Waals surface area contributed by atoms with Crippen LogP contribution in [0.25, 0.3) is 0 Å². The van der Waals surface area contributed by atoms with E-state index in [9.17, 15) is 5.11 Å². The van der Waals surface area contributed by atoms with E-state index >= 15 is 0 Å². The van der Waals surface area contributed by atoms with Crippen molar-refractivity contribution < 1.29 is 5.11 Å². The molecule has 0 amide bonds. The highest BCUT2D eigenvalue weighted by Crippen LogP contribution is 2.49. The SMILES string of the molecule is Oc1ccc(C=Nc2ccc([C@@H]3Nc4ccccc4[C@H]4C=CC[C@H]43)cc2)cc1Cl. The van der Waals surface area contributed by atoms with Gasteiger partial charge in [0, 0.05) is 17.8 Å².